The van der Waals surface area contributed by atoms with E-state index < -0.39 is 11.7 Å². The summed E-state index contributed by atoms with van der Waals surface area (Å²) in [5.41, 5.74) is -0.682. The zero-order valence-corrected chi connectivity index (χ0v) is 11.8. The molecule has 1 saturated heterocycles. The lowest BCUT2D eigenvalue weighted by Crippen LogP contribution is -2.50. The fourth-order valence-electron chi connectivity index (χ4n) is 2.46. The standard InChI is InChI=1S/C14H17F3N4/c1-2-12(10-18)20-5-7-21(8-6-20)13-9-11(3-4-19-13)14(15,16)17/h3-4,9,12H,2,5-8H2,1H3. The minimum absolute atomic E-state index is 0.124. The van der Waals surface area contributed by atoms with Gasteiger partial charge in [0.25, 0.3) is 0 Å². The zero-order chi connectivity index (χ0) is 15.5. The van der Waals surface area contributed by atoms with Gasteiger partial charge in [0, 0.05) is 32.4 Å². The largest absolute Gasteiger partial charge is 0.416 e. The van der Waals surface area contributed by atoms with Crippen LogP contribution in [0.1, 0.15) is 18.9 Å². The van der Waals surface area contributed by atoms with Crippen molar-refractivity contribution in [2.45, 2.75) is 25.6 Å². The monoisotopic (exact) mass is 298 g/mol. The summed E-state index contributed by atoms with van der Waals surface area (Å²) in [5.74, 6) is 0.342. The fraction of sp³-hybridized carbons (Fsp3) is 0.571. The number of nitrogens with zero attached hydrogens (tertiary/aromatic N) is 4. The van der Waals surface area contributed by atoms with Gasteiger partial charge in [-0.15, -0.1) is 0 Å². The van der Waals surface area contributed by atoms with E-state index in [1.165, 1.54) is 6.20 Å². The van der Waals surface area contributed by atoms with E-state index in [9.17, 15) is 13.2 Å². The number of halogens is 3. The highest BCUT2D eigenvalue weighted by molar-refractivity contribution is 5.42. The maximum absolute atomic E-state index is 12.7. The van der Waals surface area contributed by atoms with Gasteiger partial charge in [-0.3, -0.25) is 4.90 Å². The fourth-order valence-corrected chi connectivity index (χ4v) is 2.46. The van der Waals surface area contributed by atoms with E-state index in [0.717, 1.165) is 18.6 Å². The smallest absolute Gasteiger partial charge is 0.354 e. The van der Waals surface area contributed by atoms with Crippen molar-refractivity contribution >= 4 is 5.82 Å². The summed E-state index contributed by atoms with van der Waals surface area (Å²) in [5, 5.41) is 9.04. The minimum Gasteiger partial charge on any atom is -0.354 e. The Labute approximate surface area is 121 Å². The number of anilines is 1. The Morgan fingerprint density at radius 3 is 2.52 bits per heavy atom. The maximum atomic E-state index is 12.7. The molecule has 114 valence electrons. The van der Waals surface area contributed by atoms with Crippen LogP contribution in [-0.4, -0.2) is 42.1 Å². The number of alkyl halides is 3. The van der Waals surface area contributed by atoms with Crippen LogP contribution in [0.4, 0.5) is 19.0 Å². The molecule has 1 aromatic heterocycles. The molecule has 1 aliphatic heterocycles. The minimum atomic E-state index is -4.35. The van der Waals surface area contributed by atoms with E-state index in [1.807, 2.05) is 11.8 Å². The average Bonchev–Trinajstić information content (AvgIpc) is 2.48. The van der Waals surface area contributed by atoms with Crippen LogP contribution in [0.2, 0.25) is 0 Å². The lowest BCUT2D eigenvalue weighted by Gasteiger charge is -2.37. The van der Waals surface area contributed by atoms with Gasteiger partial charge in [0.2, 0.25) is 0 Å². The molecule has 0 radical (unpaired) electrons. The van der Waals surface area contributed by atoms with Gasteiger partial charge in [-0.25, -0.2) is 4.98 Å². The molecule has 0 spiro atoms. The predicted molar refractivity (Wildman–Crippen MR) is 72.7 cm³/mol. The first-order valence-electron chi connectivity index (χ1n) is 6.87. The van der Waals surface area contributed by atoms with E-state index in [4.69, 9.17) is 5.26 Å². The molecule has 1 aromatic rings. The van der Waals surface area contributed by atoms with Crippen molar-refractivity contribution in [3.05, 3.63) is 23.9 Å². The summed E-state index contributed by atoms with van der Waals surface area (Å²) in [6.07, 6.45) is -2.42. The molecule has 0 aliphatic carbocycles. The van der Waals surface area contributed by atoms with Crippen LogP contribution < -0.4 is 4.90 Å². The first-order valence-corrected chi connectivity index (χ1v) is 6.87. The van der Waals surface area contributed by atoms with Gasteiger partial charge in [-0.2, -0.15) is 18.4 Å². The number of rotatable bonds is 3. The first-order chi connectivity index (χ1) is 9.95. The molecule has 7 heteroatoms. The number of aromatic nitrogens is 1. The Morgan fingerprint density at radius 1 is 1.33 bits per heavy atom. The molecule has 0 bridgehead atoms. The predicted octanol–water partition coefficient (Wildman–Crippen LogP) is 2.52. The lowest BCUT2D eigenvalue weighted by molar-refractivity contribution is -0.137. The highest BCUT2D eigenvalue weighted by Crippen LogP contribution is 2.30. The highest BCUT2D eigenvalue weighted by Gasteiger charge is 2.31. The Morgan fingerprint density at radius 2 is 2.00 bits per heavy atom. The van der Waals surface area contributed by atoms with Gasteiger partial charge < -0.3 is 4.90 Å². The Balaban J connectivity index is 2.04. The van der Waals surface area contributed by atoms with Crippen LogP contribution in [0.5, 0.6) is 0 Å². The number of nitriles is 1. The summed E-state index contributed by atoms with van der Waals surface area (Å²) in [4.78, 5) is 7.92. The SMILES string of the molecule is CCC(C#N)N1CCN(c2cc(C(F)(F)F)ccn2)CC1. The first kappa shape index (κ1) is 15.6. The Bertz CT molecular complexity index is 516. The third-order valence-electron chi connectivity index (χ3n) is 3.69. The zero-order valence-electron chi connectivity index (χ0n) is 11.8. The summed E-state index contributed by atoms with van der Waals surface area (Å²) in [7, 11) is 0. The van der Waals surface area contributed by atoms with Crippen LogP contribution in [0.15, 0.2) is 18.3 Å². The molecule has 1 aliphatic rings. The molecule has 1 unspecified atom stereocenters. The number of piperazine rings is 1. The third-order valence-corrected chi connectivity index (χ3v) is 3.69. The molecule has 4 nitrogen and oxygen atoms in total. The summed E-state index contributed by atoms with van der Waals surface area (Å²) >= 11 is 0. The van der Waals surface area contributed by atoms with Crippen LogP contribution in [-0.2, 0) is 6.18 Å². The van der Waals surface area contributed by atoms with Gasteiger partial charge >= 0.3 is 6.18 Å². The lowest BCUT2D eigenvalue weighted by atomic mass is 10.1. The summed E-state index contributed by atoms with van der Waals surface area (Å²) < 4.78 is 38.1. The van der Waals surface area contributed by atoms with Gasteiger partial charge in [-0.1, -0.05) is 6.92 Å². The normalized spacial score (nSPS) is 18.3. The highest BCUT2D eigenvalue weighted by atomic mass is 19.4. The van der Waals surface area contributed by atoms with E-state index in [2.05, 4.69) is 16.0 Å². The molecule has 0 saturated carbocycles. The van der Waals surface area contributed by atoms with Crippen molar-refractivity contribution in [2.24, 2.45) is 0 Å². The van der Waals surface area contributed by atoms with Crippen molar-refractivity contribution in [1.82, 2.24) is 9.88 Å². The number of pyridine rings is 1. The Hall–Kier alpha value is -1.81. The Kier molecular flexibility index (Phi) is 4.68. The van der Waals surface area contributed by atoms with Crippen LogP contribution in [0, 0.1) is 11.3 Å². The van der Waals surface area contributed by atoms with Crippen LogP contribution >= 0.6 is 0 Å². The van der Waals surface area contributed by atoms with Gasteiger partial charge in [0.1, 0.15) is 5.82 Å². The van der Waals surface area contributed by atoms with Crippen LogP contribution in [0.25, 0.3) is 0 Å². The van der Waals surface area contributed by atoms with Crippen molar-refractivity contribution in [3.8, 4) is 6.07 Å². The van der Waals surface area contributed by atoms with Crippen LogP contribution in [0.3, 0.4) is 0 Å². The molecule has 21 heavy (non-hydrogen) atoms. The number of hydrogen-bond donors (Lipinski definition) is 0. The molecule has 1 fully saturated rings. The van der Waals surface area contributed by atoms with E-state index in [1.54, 1.807) is 0 Å². The summed E-state index contributed by atoms with van der Waals surface area (Å²) in [6.45, 7) is 4.42. The van der Waals surface area contributed by atoms with Crippen molar-refractivity contribution in [3.63, 3.8) is 0 Å². The van der Waals surface area contributed by atoms with E-state index in [0.29, 0.717) is 32.0 Å². The molecule has 1 atom stereocenters. The van der Waals surface area contributed by atoms with Gasteiger partial charge in [0.15, 0.2) is 0 Å². The average molecular weight is 298 g/mol. The molecular weight excluding hydrogens is 281 g/mol. The molecule has 0 aromatic carbocycles. The maximum Gasteiger partial charge on any atom is 0.416 e. The van der Waals surface area contributed by atoms with Gasteiger partial charge in [-0.05, 0) is 18.6 Å². The van der Waals surface area contributed by atoms with Crippen molar-refractivity contribution < 1.29 is 13.2 Å². The van der Waals surface area contributed by atoms with E-state index in [-0.39, 0.29) is 6.04 Å². The molecular formula is C14H17F3N4. The molecule has 0 amide bonds. The molecule has 2 rings (SSSR count). The third kappa shape index (κ3) is 3.64. The molecule has 0 N–H and O–H groups in total. The second-order valence-electron chi connectivity index (χ2n) is 4.98. The topological polar surface area (TPSA) is 43.2 Å². The number of hydrogen-bond acceptors (Lipinski definition) is 4. The second kappa shape index (κ2) is 6.31. The molecule has 2 heterocycles. The summed E-state index contributed by atoms with van der Waals surface area (Å²) in [6, 6.07) is 4.18. The second-order valence-corrected chi connectivity index (χ2v) is 4.98. The van der Waals surface area contributed by atoms with Crippen molar-refractivity contribution in [1.29, 1.82) is 5.26 Å². The van der Waals surface area contributed by atoms with E-state index >= 15 is 0 Å². The van der Waals surface area contributed by atoms with Gasteiger partial charge in [0.05, 0.1) is 17.7 Å². The quantitative estimate of drug-likeness (QED) is 0.860. The van der Waals surface area contributed by atoms with Crippen molar-refractivity contribution in [2.75, 3.05) is 31.1 Å².